The number of carbonyl (C=O) groups is 1. The van der Waals surface area contributed by atoms with E-state index in [0.29, 0.717) is 13.0 Å². The number of rotatable bonds is 2. The third-order valence-electron chi connectivity index (χ3n) is 1.91. The molecule has 1 unspecified atom stereocenters. The zero-order chi connectivity index (χ0) is 10.1. The Balaban J connectivity index is 2.38. The van der Waals surface area contributed by atoms with Gasteiger partial charge in [-0.05, 0) is 20.8 Å². The monoisotopic (exact) mass is 187 g/mol. The molecule has 1 aliphatic heterocycles. The Hall–Kier alpha value is -0.610. The van der Waals surface area contributed by atoms with Crippen molar-refractivity contribution in [2.75, 3.05) is 6.54 Å². The summed E-state index contributed by atoms with van der Waals surface area (Å²) in [6, 6.07) is -0.438. The van der Waals surface area contributed by atoms with Gasteiger partial charge in [0, 0.05) is 13.0 Å². The fourth-order valence-electron chi connectivity index (χ4n) is 1.48. The molecule has 0 bridgehead atoms. The van der Waals surface area contributed by atoms with Gasteiger partial charge in [0.1, 0.15) is 6.04 Å². The topological polar surface area (TPSA) is 58.6 Å². The van der Waals surface area contributed by atoms with Crippen molar-refractivity contribution in [3.05, 3.63) is 0 Å². The average molecular weight is 187 g/mol. The molecule has 1 heterocycles. The molecular weight excluding hydrogens is 170 g/mol. The standard InChI is InChI=1S/C9H17NO3/c1-9(2,3)13-6-4-7(8(11)12)10-5-6/h6-7,10H,4-5H2,1-3H3,(H,11,12)/t6-,7?/m1/s1. The highest BCUT2D eigenvalue weighted by Crippen LogP contribution is 2.17. The van der Waals surface area contributed by atoms with Gasteiger partial charge in [-0.2, -0.15) is 0 Å². The first-order valence-corrected chi connectivity index (χ1v) is 4.52. The summed E-state index contributed by atoms with van der Waals surface area (Å²) in [7, 11) is 0. The smallest absolute Gasteiger partial charge is 0.320 e. The van der Waals surface area contributed by atoms with E-state index in [1.165, 1.54) is 0 Å². The van der Waals surface area contributed by atoms with Crippen LogP contribution < -0.4 is 5.32 Å². The van der Waals surface area contributed by atoms with Gasteiger partial charge in [0.15, 0.2) is 0 Å². The molecule has 1 aliphatic rings. The van der Waals surface area contributed by atoms with E-state index in [0.717, 1.165) is 0 Å². The lowest BCUT2D eigenvalue weighted by atomic mass is 10.1. The minimum absolute atomic E-state index is 0.0288. The van der Waals surface area contributed by atoms with E-state index in [1.54, 1.807) is 0 Å². The molecule has 0 aromatic rings. The van der Waals surface area contributed by atoms with Gasteiger partial charge in [-0.25, -0.2) is 0 Å². The van der Waals surface area contributed by atoms with Crippen molar-refractivity contribution < 1.29 is 14.6 Å². The number of ether oxygens (including phenoxy) is 1. The molecule has 1 saturated heterocycles. The maximum atomic E-state index is 10.6. The minimum atomic E-state index is -0.792. The summed E-state index contributed by atoms with van der Waals surface area (Å²) in [5, 5.41) is 11.6. The molecule has 0 amide bonds. The lowest BCUT2D eigenvalue weighted by molar-refractivity contribution is -0.139. The van der Waals surface area contributed by atoms with Crippen molar-refractivity contribution in [1.29, 1.82) is 0 Å². The predicted octanol–water partition coefficient (Wildman–Crippen LogP) is 0.617. The van der Waals surface area contributed by atoms with E-state index in [4.69, 9.17) is 9.84 Å². The average Bonchev–Trinajstić information content (AvgIpc) is 2.31. The highest BCUT2D eigenvalue weighted by atomic mass is 16.5. The van der Waals surface area contributed by atoms with Gasteiger partial charge in [0.25, 0.3) is 0 Å². The fourth-order valence-corrected chi connectivity index (χ4v) is 1.48. The van der Waals surface area contributed by atoms with Crippen LogP contribution in [0.4, 0.5) is 0 Å². The highest BCUT2D eigenvalue weighted by Gasteiger charge is 2.31. The molecule has 0 aliphatic carbocycles. The van der Waals surface area contributed by atoms with Crippen LogP contribution in [0.25, 0.3) is 0 Å². The van der Waals surface area contributed by atoms with E-state index in [1.807, 2.05) is 20.8 Å². The van der Waals surface area contributed by atoms with Crippen LogP contribution in [-0.2, 0) is 9.53 Å². The molecule has 13 heavy (non-hydrogen) atoms. The molecule has 1 fully saturated rings. The molecule has 0 aromatic carbocycles. The lowest BCUT2D eigenvalue weighted by Gasteiger charge is -2.24. The Morgan fingerprint density at radius 2 is 2.15 bits per heavy atom. The summed E-state index contributed by atoms with van der Waals surface area (Å²) in [4.78, 5) is 10.6. The van der Waals surface area contributed by atoms with Crippen LogP contribution >= 0.6 is 0 Å². The zero-order valence-electron chi connectivity index (χ0n) is 8.33. The minimum Gasteiger partial charge on any atom is -0.480 e. The van der Waals surface area contributed by atoms with E-state index in [2.05, 4.69) is 5.32 Å². The Morgan fingerprint density at radius 1 is 1.54 bits per heavy atom. The third kappa shape index (κ3) is 3.32. The molecule has 0 aromatic heterocycles. The second-order valence-corrected chi connectivity index (χ2v) is 4.39. The Morgan fingerprint density at radius 3 is 2.54 bits per heavy atom. The SMILES string of the molecule is CC(C)(C)O[C@H]1CNC(C(=O)O)C1. The summed E-state index contributed by atoms with van der Waals surface area (Å²) in [5.74, 6) is -0.792. The van der Waals surface area contributed by atoms with Crippen molar-refractivity contribution in [2.24, 2.45) is 0 Å². The Bertz CT molecular complexity index is 198. The number of hydrogen-bond acceptors (Lipinski definition) is 3. The van der Waals surface area contributed by atoms with Gasteiger partial charge >= 0.3 is 5.97 Å². The zero-order valence-corrected chi connectivity index (χ0v) is 8.33. The molecule has 0 spiro atoms. The first kappa shape index (κ1) is 10.5. The number of nitrogens with one attached hydrogen (secondary N) is 1. The maximum absolute atomic E-state index is 10.6. The summed E-state index contributed by atoms with van der Waals surface area (Å²) < 4.78 is 5.65. The number of aliphatic carboxylic acids is 1. The quantitative estimate of drug-likeness (QED) is 0.665. The van der Waals surface area contributed by atoms with Crippen LogP contribution in [0.15, 0.2) is 0 Å². The molecule has 4 heteroatoms. The Labute approximate surface area is 78.3 Å². The summed E-state index contributed by atoms with van der Waals surface area (Å²) in [6.07, 6.45) is 0.591. The van der Waals surface area contributed by atoms with E-state index < -0.39 is 12.0 Å². The molecule has 0 saturated carbocycles. The summed E-state index contributed by atoms with van der Waals surface area (Å²) in [5.41, 5.74) is -0.195. The maximum Gasteiger partial charge on any atom is 0.320 e. The third-order valence-corrected chi connectivity index (χ3v) is 1.91. The molecular formula is C9H17NO3. The second-order valence-electron chi connectivity index (χ2n) is 4.39. The molecule has 4 nitrogen and oxygen atoms in total. The van der Waals surface area contributed by atoms with E-state index in [-0.39, 0.29) is 11.7 Å². The summed E-state index contributed by atoms with van der Waals surface area (Å²) >= 11 is 0. The van der Waals surface area contributed by atoms with Gasteiger partial charge in [-0.3, -0.25) is 4.79 Å². The van der Waals surface area contributed by atoms with Crippen LogP contribution in [0.1, 0.15) is 27.2 Å². The molecule has 0 radical (unpaired) electrons. The van der Waals surface area contributed by atoms with E-state index >= 15 is 0 Å². The molecule has 2 atom stereocenters. The highest BCUT2D eigenvalue weighted by molar-refractivity contribution is 5.73. The van der Waals surface area contributed by atoms with Crippen molar-refractivity contribution in [1.82, 2.24) is 5.32 Å². The van der Waals surface area contributed by atoms with Crippen LogP contribution in [0, 0.1) is 0 Å². The van der Waals surface area contributed by atoms with Gasteiger partial charge in [-0.1, -0.05) is 0 Å². The first-order valence-electron chi connectivity index (χ1n) is 4.52. The van der Waals surface area contributed by atoms with Crippen molar-refractivity contribution in [2.45, 2.75) is 44.9 Å². The van der Waals surface area contributed by atoms with Crippen molar-refractivity contribution in [3.63, 3.8) is 0 Å². The molecule has 2 N–H and O–H groups in total. The number of carboxylic acids is 1. The number of carboxylic acid groups (broad SMARTS) is 1. The normalized spacial score (nSPS) is 29.2. The molecule has 76 valence electrons. The predicted molar refractivity (Wildman–Crippen MR) is 48.7 cm³/mol. The second kappa shape index (κ2) is 3.64. The van der Waals surface area contributed by atoms with Gasteiger partial charge in [0.2, 0.25) is 0 Å². The van der Waals surface area contributed by atoms with E-state index in [9.17, 15) is 4.79 Å². The van der Waals surface area contributed by atoms with Gasteiger partial charge in [-0.15, -0.1) is 0 Å². The first-order chi connectivity index (χ1) is 5.88. The lowest BCUT2D eigenvalue weighted by Crippen LogP contribution is -2.30. The van der Waals surface area contributed by atoms with Crippen molar-refractivity contribution >= 4 is 5.97 Å². The fraction of sp³-hybridized carbons (Fsp3) is 0.889. The van der Waals surface area contributed by atoms with Crippen LogP contribution in [0.5, 0.6) is 0 Å². The van der Waals surface area contributed by atoms with Crippen LogP contribution in [-0.4, -0.2) is 35.4 Å². The van der Waals surface area contributed by atoms with Crippen molar-refractivity contribution in [3.8, 4) is 0 Å². The number of hydrogen-bond donors (Lipinski definition) is 2. The van der Waals surface area contributed by atoms with Crippen LogP contribution in [0.3, 0.4) is 0 Å². The van der Waals surface area contributed by atoms with Gasteiger partial charge < -0.3 is 15.2 Å². The molecule has 1 rings (SSSR count). The largest absolute Gasteiger partial charge is 0.480 e. The summed E-state index contributed by atoms with van der Waals surface area (Å²) in [6.45, 7) is 6.55. The Kier molecular flexibility index (Phi) is 2.93. The van der Waals surface area contributed by atoms with Crippen LogP contribution in [0.2, 0.25) is 0 Å². The van der Waals surface area contributed by atoms with Gasteiger partial charge in [0.05, 0.1) is 11.7 Å².